The first-order valence-corrected chi connectivity index (χ1v) is 6.68. The summed E-state index contributed by atoms with van der Waals surface area (Å²) >= 11 is 0. The maximum atomic E-state index is 9.81. The van der Waals surface area contributed by atoms with Gasteiger partial charge in [0.15, 0.2) is 0 Å². The number of hydrogen-bond acceptors (Lipinski definition) is 1. The molecule has 0 aliphatic heterocycles. The van der Waals surface area contributed by atoms with E-state index in [-0.39, 0.29) is 0 Å². The van der Waals surface area contributed by atoms with Gasteiger partial charge in [0.05, 0.1) is 0 Å². The molecule has 0 bridgehead atoms. The molecule has 1 N–H and O–H groups in total. The lowest BCUT2D eigenvalue weighted by molar-refractivity contribution is 0.473. The summed E-state index contributed by atoms with van der Waals surface area (Å²) in [7, 11) is 0.826. The fourth-order valence-electron chi connectivity index (χ4n) is 1.88. The third-order valence-electron chi connectivity index (χ3n) is 2.67. The van der Waals surface area contributed by atoms with Crippen LogP contribution in [0.4, 0.5) is 0 Å². The SMILES string of the molecule is CPC1=C(c2ccccc2O)C=CCC1. The highest BCUT2D eigenvalue weighted by Gasteiger charge is 2.11. The number of phenolic OH excluding ortho intramolecular Hbond substituents is 1. The monoisotopic (exact) mass is 218 g/mol. The minimum atomic E-state index is 0.384. The number of para-hydroxylation sites is 1. The van der Waals surface area contributed by atoms with Crippen LogP contribution in [-0.2, 0) is 0 Å². The van der Waals surface area contributed by atoms with Crippen LogP contribution >= 0.6 is 8.58 Å². The average Bonchev–Trinajstić information content (AvgIpc) is 2.30. The Morgan fingerprint density at radius 1 is 1.27 bits per heavy atom. The Hall–Kier alpha value is -1.07. The minimum Gasteiger partial charge on any atom is -0.507 e. The van der Waals surface area contributed by atoms with Crippen molar-refractivity contribution in [2.24, 2.45) is 0 Å². The van der Waals surface area contributed by atoms with Crippen molar-refractivity contribution in [3.8, 4) is 5.75 Å². The molecule has 0 heterocycles. The molecule has 1 aliphatic carbocycles. The maximum Gasteiger partial charge on any atom is 0.123 e. The number of benzene rings is 1. The first kappa shape index (κ1) is 10.4. The van der Waals surface area contributed by atoms with E-state index in [1.54, 1.807) is 6.07 Å². The molecule has 0 spiro atoms. The molecule has 1 nitrogen and oxygen atoms in total. The van der Waals surface area contributed by atoms with Gasteiger partial charge in [0, 0.05) is 5.56 Å². The van der Waals surface area contributed by atoms with E-state index in [0.29, 0.717) is 5.75 Å². The summed E-state index contributed by atoms with van der Waals surface area (Å²) in [6.45, 7) is 2.20. The largest absolute Gasteiger partial charge is 0.507 e. The van der Waals surface area contributed by atoms with E-state index in [1.807, 2.05) is 18.2 Å². The first-order chi connectivity index (χ1) is 7.33. The Morgan fingerprint density at radius 3 is 2.80 bits per heavy atom. The zero-order chi connectivity index (χ0) is 10.7. The van der Waals surface area contributed by atoms with Gasteiger partial charge in [-0.15, -0.1) is 0 Å². The average molecular weight is 218 g/mol. The van der Waals surface area contributed by atoms with Crippen molar-refractivity contribution in [3.05, 3.63) is 47.3 Å². The molecule has 2 heteroatoms. The van der Waals surface area contributed by atoms with Crippen LogP contribution in [0.25, 0.3) is 5.57 Å². The van der Waals surface area contributed by atoms with Gasteiger partial charge in [-0.2, -0.15) is 0 Å². The molecular formula is C13H15OP. The molecule has 0 fully saturated rings. The quantitative estimate of drug-likeness (QED) is 0.749. The molecule has 1 unspecified atom stereocenters. The van der Waals surface area contributed by atoms with Crippen LogP contribution < -0.4 is 0 Å². The molecule has 2 rings (SSSR count). The molecule has 1 aliphatic rings. The van der Waals surface area contributed by atoms with Crippen molar-refractivity contribution < 1.29 is 5.11 Å². The highest BCUT2D eigenvalue weighted by molar-refractivity contribution is 7.42. The number of rotatable bonds is 2. The fraction of sp³-hybridized carbons (Fsp3) is 0.231. The highest BCUT2D eigenvalue weighted by Crippen LogP contribution is 2.39. The molecule has 1 aromatic rings. The van der Waals surface area contributed by atoms with Crippen molar-refractivity contribution in [3.63, 3.8) is 0 Å². The van der Waals surface area contributed by atoms with Gasteiger partial charge in [0.1, 0.15) is 5.75 Å². The highest BCUT2D eigenvalue weighted by atomic mass is 31.1. The molecule has 1 atom stereocenters. The normalized spacial score (nSPS) is 16.6. The Labute approximate surface area is 92.3 Å². The minimum absolute atomic E-state index is 0.384. The lowest BCUT2D eigenvalue weighted by Crippen LogP contribution is -1.91. The molecule has 15 heavy (non-hydrogen) atoms. The van der Waals surface area contributed by atoms with E-state index in [2.05, 4.69) is 18.8 Å². The van der Waals surface area contributed by atoms with Gasteiger partial charge in [-0.05, 0) is 36.5 Å². The Kier molecular flexibility index (Phi) is 3.23. The smallest absolute Gasteiger partial charge is 0.123 e. The van der Waals surface area contributed by atoms with Crippen LogP contribution in [0.15, 0.2) is 41.7 Å². The summed E-state index contributed by atoms with van der Waals surface area (Å²) in [6.07, 6.45) is 6.60. The van der Waals surface area contributed by atoms with Crippen LogP contribution in [0.2, 0.25) is 0 Å². The van der Waals surface area contributed by atoms with Crippen LogP contribution in [0.3, 0.4) is 0 Å². The molecule has 0 radical (unpaired) electrons. The van der Waals surface area contributed by atoms with E-state index in [4.69, 9.17) is 0 Å². The van der Waals surface area contributed by atoms with Gasteiger partial charge in [0.25, 0.3) is 0 Å². The molecule has 0 saturated carbocycles. The van der Waals surface area contributed by atoms with Crippen molar-refractivity contribution in [2.75, 3.05) is 6.66 Å². The number of aromatic hydroxyl groups is 1. The van der Waals surface area contributed by atoms with Crippen molar-refractivity contribution >= 4 is 14.2 Å². The summed E-state index contributed by atoms with van der Waals surface area (Å²) < 4.78 is 0. The number of hydrogen-bond donors (Lipinski definition) is 1. The first-order valence-electron chi connectivity index (χ1n) is 5.18. The van der Waals surface area contributed by atoms with Gasteiger partial charge >= 0.3 is 0 Å². The van der Waals surface area contributed by atoms with Gasteiger partial charge in [-0.1, -0.05) is 38.9 Å². The zero-order valence-corrected chi connectivity index (χ0v) is 9.83. The fourth-order valence-corrected chi connectivity index (χ4v) is 2.76. The number of allylic oxidation sites excluding steroid dienone is 4. The second kappa shape index (κ2) is 4.63. The molecule has 78 valence electrons. The predicted octanol–water partition coefficient (Wildman–Crippen LogP) is 3.76. The topological polar surface area (TPSA) is 20.2 Å². The van der Waals surface area contributed by atoms with Crippen LogP contribution in [0.1, 0.15) is 18.4 Å². The standard InChI is InChI=1S/C13H15OP/c1-15-13-9-5-3-7-11(13)10-6-2-4-8-12(10)14/h2-4,6-8,14-15H,5,9H2,1H3. The summed E-state index contributed by atoms with van der Waals surface area (Å²) in [5.74, 6) is 0.384. The van der Waals surface area contributed by atoms with Gasteiger partial charge in [-0.3, -0.25) is 0 Å². The maximum absolute atomic E-state index is 9.81. The van der Waals surface area contributed by atoms with Gasteiger partial charge in [-0.25, -0.2) is 0 Å². The Bertz CT molecular complexity index is 418. The third-order valence-corrected chi connectivity index (χ3v) is 3.79. The Morgan fingerprint density at radius 2 is 2.07 bits per heavy atom. The third kappa shape index (κ3) is 2.13. The molecule has 1 aromatic carbocycles. The summed E-state index contributed by atoms with van der Waals surface area (Å²) in [5, 5.41) is 11.3. The molecule has 0 amide bonds. The van der Waals surface area contributed by atoms with Crippen molar-refractivity contribution in [1.29, 1.82) is 0 Å². The Balaban J connectivity index is 2.49. The van der Waals surface area contributed by atoms with Gasteiger partial charge in [0.2, 0.25) is 0 Å². The predicted molar refractivity (Wildman–Crippen MR) is 67.6 cm³/mol. The molecular weight excluding hydrogens is 203 g/mol. The molecule has 0 aromatic heterocycles. The van der Waals surface area contributed by atoms with Crippen LogP contribution in [0.5, 0.6) is 5.75 Å². The van der Waals surface area contributed by atoms with Crippen LogP contribution in [0, 0.1) is 0 Å². The van der Waals surface area contributed by atoms with E-state index in [9.17, 15) is 5.11 Å². The van der Waals surface area contributed by atoms with E-state index >= 15 is 0 Å². The van der Waals surface area contributed by atoms with E-state index < -0.39 is 0 Å². The summed E-state index contributed by atoms with van der Waals surface area (Å²) in [6, 6.07) is 7.57. The van der Waals surface area contributed by atoms with Gasteiger partial charge < -0.3 is 5.11 Å². The van der Waals surface area contributed by atoms with Crippen LogP contribution in [-0.4, -0.2) is 11.8 Å². The lowest BCUT2D eigenvalue weighted by Gasteiger charge is -2.15. The zero-order valence-electron chi connectivity index (χ0n) is 8.83. The second-order valence-corrected chi connectivity index (χ2v) is 4.70. The second-order valence-electron chi connectivity index (χ2n) is 3.60. The summed E-state index contributed by atoms with van der Waals surface area (Å²) in [5.41, 5.74) is 2.19. The van der Waals surface area contributed by atoms with E-state index in [1.165, 1.54) is 10.9 Å². The van der Waals surface area contributed by atoms with Crippen molar-refractivity contribution in [1.82, 2.24) is 0 Å². The van der Waals surface area contributed by atoms with E-state index in [0.717, 1.165) is 27.0 Å². The lowest BCUT2D eigenvalue weighted by atomic mass is 9.98. The van der Waals surface area contributed by atoms with Crippen molar-refractivity contribution in [2.45, 2.75) is 12.8 Å². The molecule has 0 saturated heterocycles. The number of phenols is 1. The summed E-state index contributed by atoms with van der Waals surface area (Å²) in [4.78, 5) is 0.